The Morgan fingerprint density at radius 2 is 1.83 bits per heavy atom. The third-order valence-corrected chi connectivity index (χ3v) is 4.11. The lowest BCUT2D eigenvalue weighted by Gasteiger charge is -2.30. The zero-order valence-electron chi connectivity index (χ0n) is 14.0. The molecular formula is C18H26N2O3. The van der Waals surface area contributed by atoms with E-state index in [1.165, 1.54) is 0 Å². The average molecular weight is 318 g/mol. The number of piperidine rings is 1. The maximum absolute atomic E-state index is 12.3. The van der Waals surface area contributed by atoms with Crippen molar-refractivity contribution >= 4 is 11.8 Å². The zero-order valence-corrected chi connectivity index (χ0v) is 14.0. The molecule has 2 N–H and O–H groups in total. The molecule has 0 unspecified atom stereocenters. The van der Waals surface area contributed by atoms with Gasteiger partial charge in [0.1, 0.15) is 5.75 Å². The molecule has 1 saturated heterocycles. The van der Waals surface area contributed by atoms with E-state index in [4.69, 9.17) is 10.5 Å². The molecule has 1 aliphatic rings. The normalized spacial score (nSPS) is 15.7. The summed E-state index contributed by atoms with van der Waals surface area (Å²) in [5.74, 6) is 1.08. The first kappa shape index (κ1) is 17.3. The fourth-order valence-corrected chi connectivity index (χ4v) is 2.67. The zero-order chi connectivity index (χ0) is 16.8. The van der Waals surface area contributed by atoms with Gasteiger partial charge in [-0.3, -0.25) is 9.59 Å². The van der Waals surface area contributed by atoms with E-state index in [1.54, 1.807) is 0 Å². The first-order chi connectivity index (χ1) is 11.0. The Labute approximate surface area is 137 Å². The Hall–Kier alpha value is -2.04. The van der Waals surface area contributed by atoms with E-state index in [0.717, 1.165) is 11.3 Å². The topological polar surface area (TPSA) is 72.6 Å². The molecule has 2 rings (SSSR count). The number of nitrogens with zero attached hydrogens (tertiary/aromatic N) is 1. The summed E-state index contributed by atoms with van der Waals surface area (Å²) in [5, 5.41) is 0. The highest BCUT2D eigenvalue weighted by atomic mass is 16.5. The third kappa shape index (κ3) is 5.27. The predicted octanol–water partition coefficient (Wildman–Crippen LogP) is 1.99. The number of hydrogen-bond acceptors (Lipinski definition) is 3. The van der Waals surface area contributed by atoms with Gasteiger partial charge in [0.2, 0.25) is 11.8 Å². The molecule has 23 heavy (non-hydrogen) atoms. The number of rotatable bonds is 6. The van der Waals surface area contributed by atoms with Crippen molar-refractivity contribution in [2.24, 2.45) is 17.6 Å². The summed E-state index contributed by atoms with van der Waals surface area (Å²) in [7, 11) is 0. The second kappa shape index (κ2) is 7.99. The molecule has 2 amide bonds. The summed E-state index contributed by atoms with van der Waals surface area (Å²) in [6.07, 6.45) is 1.72. The Morgan fingerprint density at radius 3 is 2.35 bits per heavy atom. The maximum Gasteiger partial charge on any atom is 0.226 e. The van der Waals surface area contributed by atoms with Gasteiger partial charge >= 0.3 is 0 Å². The van der Waals surface area contributed by atoms with E-state index in [2.05, 4.69) is 13.8 Å². The van der Waals surface area contributed by atoms with Crippen LogP contribution in [0.2, 0.25) is 0 Å². The number of hydrogen-bond donors (Lipinski definition) is 1. The highest BCUT2D eigenvalue weighted by Gasteiger charge is 2.25. The monoisotopic (exact) mass is 318 g/mol. The van der Waals surface area contributed by atoms with Crippen molar-refractivity contribution in [3.05, 3.63) is 29.8 Å². The summed E-state index contributed by atoms with van der Waals surface area (Å²) in [5.41, 5.74) is 6.29. The molecule has 5 nitrogen and oxygen atoms in total. The molecule has 0 aliphatic carbocycles. The smallest absolute Gasteiger partial charge is 0.226 e. The van der Waals surface area contributed by atoms with Gasteiger partial charge < -0.3 is 15.4 Å². The SMILES string of the molecule is CC(C)COc1ccc(CC(=O)N2CCC(C(N)=O)CC2)cc1. The number of ether oxygens (including phenoxy) is 1. The number of nitrogens with two attached hydrogens (primary N) is 1. The van der Waals surface area contributed by atoms with Gasteiger partial charge in [-0.15, -0.1) is 0 Å². The van der Waals surface area contributed by atoms with Gasteiger partial charge in [-0.1, -0.05) is 26.0 Å². The molecule has 1 heterocycles. The van der Waals surface area contributed by atoms with Crippen LogP contribution in [0, 0.1) is 11.8 Å². The largest absolute Gasteiger partial charge is 0.493 e. The first-order valence-electron chi connectivity index (χ1n) is 8.24. The molecule has 0 radical (unpaired) electrons. The minimum absolute atomic E-state index is 0.0866. The van der Waals surface area contributed by atoms with Gasteiger partial charge in [-0.05, 0) is 36.5 Å². The highest BCUT2D eigenvalue weighted by Crippen LogP contribution is 2.18. The number of benzene rings is 1. The number of primary amides is 1. The van der Waals surface area contributed by atoms with Crippen molar-refractivity contribution < 1.29 is 14.3 Å². The molecule has 0 saturated carbocycles. The molecular weight excluding hydrogens is 292 g/mol. The van der Waals surface area contributed by atoms with E-state index in [0.29, 0.717) is 44.9 Å². The van der Waals surface area contributed by atoms with Crippen LogP contribution in [0.4, 0.5) is 0 Å². The molecule has 0 spiro atoms. The lowest BCUT2D eigenvalue weighted by atomic mass is 9.96. The van der Waals surface area contributed by atoms with Crippen molar-refractivity contribution in [1.29, 1.82) is 0 Å². The molecule has 126 valence electrons. The molecule has 5 heteroatoms. The van der Waals surface area contributed by atoms with Crippen molar-refractivity contribution in [1.82, 2.24) is 4.90 Å². The van der Waals surface area contributed by atoms with Crippen molar-refractivity contribution in [2.45, 2.75) is 33.1 Å². The molecule has 1 aliphatic heterocycles. The average Bonchev–Trinajstić information content (AvgIpc) is 2.54. The minimum Gasteiger partial charge on any atom is -0.493 e. The number of amides is 2. The summed E-state index contributed by atoms with van der Waals surface area (Å²) in [6, 6.07) is 7.68. The second-order valence-corrected chi connectivity index (χ2v) is 6.58. The fraction of sp³-hybridized carbons (Fsp3) is 0.556. The Kier molecular flexibility index (Phi) is 6.02. The molecule has 1 aromatic rings. The van der Waals surface area contributed by atoms with Crippen LogP contribution in [-0.2, 0) is 16.0 Å². The van der Waals surface area contributed by atoms with Crippen LogP contribution >= 0.6 is 0 Å². The predicted molar refractivity (Wildman–Crippen MR) is 89.0 cm³/mol. The molecule has 1 fully saturated rings. The van der Waals surface area contributed by atoms with Crippen LogP contribution in [0.3, 0.4) is 0 Å². The molecule has 0 aromatic heterocycles. The Balaban J connectivity index is 1.82. The van der Waals surface area contributed by atoms with Crippen LogP contribution in [0.1, 0.15) is 32.3 Å². The number of carbonyl (C=O) groups excluding carboxylic acids is 2. The number of carbonyl (C=O) groups is 2. The quantitative estimate of drug-likeness (QED) is 0.872. The van der Waals surface area contributed by atoms with Gasteiger partial charge in [0.15, 0.2) is 0 Å². The summed E-state index contributed by atoms with van der Waals surface area (Å²) in [4.78, 5) is 25.3. The van der Waals surface area contributed by atoms with E-state index in [9.17, 15) is 9.59 Å². The fourth-order valence-electron chi connectivity index (χ4n) is 2.67. The lowest BCUT2D eigenvalue weighted by molar-refractivity contribution is -0.134. The van der Waals surface area contributed by atoms with Crippen LogP contribution in [0.15, 0.2) is 24.3 Å². The maximum atomic E-state index is 12.3. The minimum atomic E-state index is -0.255. The van der Waals surface area contributed by atoms with Crippen LogP contribution < -0.4 is 10.5 Å². The van der Waals surface area contributed by atoms with Crippen LogP contribution in [0.25, 0.3) is 0 Å². The van der Waals surface area contributed by atoms with Crippen LogP contribution in [-0.4, -0.2) is 36.4 Å². The summed E-state index contributed by atoms with van der Waals surface area (Å²) < 4.78 is 5.64. The van der Waals surface area contributed by atoms with E-state index in [-0.39, 0.29) is 17.7 Å². The second-order valence-electron chi connectivity index (χ2n) is 6.58. The van der Waals surface area contributed by atoms with E-state index >= 15 is 0 Å². The van der Waals surface area contributed by atoms with Gasteiger partial charge in [-0.2, -0.15) is 0 Å². The lowest BCUT2D eigenvalue weighted by Crippen LogP contribution is -2.42. The van der Waals surface area contributed by atoms with Crippen LogP contribution in [0.5, 0.6) is 5.75 Å². The van der Waals surface area contributed by atoms with Gasteiger partial charge in [-0.25, -0.2) is 0 Å². The van der Waals surface area contributed by atoms with Crippen molar-refractivity contribution in [3.8, 4) is 5.75 Å². The third-order valence-electron chi connectivity index (χ3n) is 4.11. The van der Waals surface area contributed by atoms with Crippen molar-refractivity contribution in [3.63, 3.8) is 0 Å². The number of likely N-dealkylation sites (tertiary alicyclic amines) is 1. The van der Waals surface area contributed by atoms with E-state index < -0.39 is 0 Å². The molecule has 1 aromatic carbocycles. The van der Waals surface area contributed by atoms with Crippen molar-refractivity contribution in [2.75, 3.05) is 19.7 Å². The Morgan fingerprint density at radius 1 is 1.22 bits per heavy atom. The summed E-state index contributed by atoms with van der Waals surface area (Å²) in [6.45, 7) is 6.13. The van der Waals surface area contributed by atoms with Gasteiger partial charge in [0, 0.05) is 19.0 Å². The highest BCUT2D eigenvalue weighted by molar-refractivity contribution is 5.80. The summed E-state index contributed by atoms with van der Waals surface area (Å²) >= 11 is 0. The standard InChI is InChI=1S/C18H26N2O3/c1-13(2)12-23-16-5-3-14(4-6-16)11-17(21)20-9-7-15(8-10-20)18(19)22/h3-6,13,15H,7-12H2,1-2H3,(H2,19,22). The first-order valence-corrected chi connectivity index (χ1v) is 8.24. The van der Waals surface area contributed by atoms with Gasteiger partial charge in [0.05, 0.1) is 13.0 Å². The molecule has 0 bridgehead atoms. The van der Waals surface area contributed by atoms with E-state index in [1.807, 2.05) is 29.2 Å². The van der Waals surface area contributed by atoms with Gasteiger partial charge in [0.25, 0.3) is 0 Å². The molecule has 0 atom stereocenters. The Bertz CT molecular complexity index is 532.